The lowest BCUT2D eigenvalue weighted by Gasteiger charge is -2.04. The van der Waals surface area contributed by atoms with E-state index in [0.29, 0.717) is 18.1 Å². The van der Waals surface area contributed by atoms with Gasteiger partial charge in [-0.1, -0.05) is 0 Å². The Balaban J connectivity index is 3.60. The van der Waals surface area contributed by atoms with E-state index in [1.54, 1.807) is 0 Å². The number of rotatable bonds is 7. The quantitative estimate of drug-likeness (QED) is 0.411. The van der Waals surface area contributed by atoms with Crippen LogP contribution in [0.25, 0.3) is 0 Å². The van der Waals surface area contributed by atoms with Gasteiger partial charge in [0.2, 0.25) is 0 Å². The van der Waals surface area contributed by atoms with Crippen molar-refractivity contribution in [3.8, 4) is 0 Å². The molecule has 1 atom stereocenters. The number of aliphatic carboxylic acids is 2. The van der Waals surface area contributed by atoms with Crippen LogP contribution < -0.4 is 5.73 Å². The fraction of sp³-hybridized carbons (Fsp3) is 0.625. The third-order valence-corrected chi connectivity index (χ3v) is 2.57. The second kappa shape index (κ2) is 7.24. The molecule has 0 aromatic heterocycles. The highest BCUT2D eigenvalue weighted by Gasteiger charge is 2.10. The molecule has 0 aliphatic carbocycles. The minimum atomic E-state index is -1.04. The highest BCUT2D eigenvalue weighted by atomic mass is 32.2. The van der Waals surface area contributed by atoms with E-state index in [1.165, 1.54) is 18.7 Å². The Labute approximate surface area is 91.6 Å². The van der Waals surface area contributed by atoms with Gasteiger partial charge in [0.25, 0.3) is 0 Å². The maximum atomic E-state index is 10.3. The molecular formula is C8H14N2O4S. The van der Waals surface area contributed by atoms with Crippen LogP contribution >= 0.6 is 11.8 Å². The summed E-state index contributed by atoms with van der Waals surface area (Å²) in [7, 11) is 0. The van der Waals surface area contributed by atoms with Crippen LogP contribution in [0.1, 0.15) is 6.92 Å². The van der Waals surface area contributed by atoms with Crippen molar-refractivity contribution in [3.05, 3.63) is 0 Å². The van der Waals surface area contributed by atoms with Crippen molar-refractivity contribution in [1.82, 2.24) is 0 Å². The smallest absolute Gasteiger partial charge is 0.349 e. The van der Waals surface area contributed by atoms with Crippen molar-refractivity contribution in [3.63, 3.8) is 0 Å². The third kappa shape index (κ3) is 6.92. The van der Waals surface area contributed by atoms with Gasteiger partial charge in [-0.25, -0.2) is 4.79 Å². The zero-order chi connectivity index (χ0) is 11.8. The number of carboxylic acid groups (broad SMARTS) is 2. The Morgan fingerprint density at radius 2 is 2.07 bits per heavy atom. The number of carbonyl (C=O) groups is 2. The van der Waals surface area contributed by atoms with Crippen LogP contribution in [0.5, 0.6) is 0 Å². The van der Waals surface area contributed by atoms with Gasteiger partial charge in [-0.2, -0.15) is 11.8 Å². The molecule has 15 heavy (non-hydrogen) atoms. The summed E-state index contributed by atoms with van der Waals surface area (Å²) in [6, 6.07) is -0.875. The van der Waals surface area contributed by atoms with Gasteiger partial charge in [0.15, 0.2) is 0 Å². The number of hydrogen-bond acceptors (Lipinski definition) is 5. The summed E-state index contributed by atoms with van der Waals surface area (Å²) < 4.78 is 0. The minimum Gasteiger partial charge on any atom is -0.480 e. The second-order valence-corrected chi connectivity index (χ2v) is 3.94. The summed E-state index contributed by atoms with van der Waals surface area (Å²) in [5, 5.41) is 16.9. The molecule has 0 amide bonds. The molecule has 0 fully saturated rings. The van der Waals surface area contributed by atoms with E-state index in [4.69, 9.17) is 15.9 Å². The molecular weight excluding hydrogens is 220 g/mol. The minimum absolute atomic E-state index is 0.0538. The number of nitrogens with zero attached hydrogens (tertiary/aromatic N) is 1. The number of nitrogens with two attached hydrogens (primary N) is 1. The summed E-state index contributed by atoms with van der Waals surface area (Å²) in [5.74, 6) is -1.21. The van der Waals surface area contributed by atoms with Crippen molar-refractivity contribution in [2.75, 3.05) is 18.1 Å². The predicted octanol–water partition coefficient (Wildman–Crippen LogP) is -0.323. The normalized spacial score (nSPS) is 13.6. The summed E-state index contributed by atoms with van der Waals surface area (Å²) in [5.41, 5.74) is 5.31. The lowest BCUT2D eigenvalue weighted by atomic mass is 10.4. The maximum absolute atomic E-state index is 10.3. The van der Waals surface area contributed by atoms with Crippen LogP contribution in [0, 0.1) is 0 Å². The lowest BCUT2D eigenvalue weighted by Crippen LogP contribution is -2.32. The summed E-state index contributed by atoms with van der Waals surface area (Å²) in [6.45, 7) is 1.77. The van der Waals surface area contributed by atoms with Gasteiger partial charge in [0.1, 0.15) is 11.8 Å². The first-order chi connectivity index (χ1) is 6.95. The Bertz CT molecular complexity index is 267. The van der Waals surface area contributed by atoms with Crippen LogP contribution in [0.15, 0.2) is 4.99 Å². The number of hydrogen-bond donors (Lipinski definition) is 3. The number of carboxylic acids is 2. The summed E-state index contributed by atoms with van der Waals surface area (Å²) in [6.07, 6.45) is 0. The zero-order valence-corrected chi connectivity index (χ0v) is 9.16. The molecule has 0 aromatic carbocycles. The molecule has 0 aromatic rings. The molecule has 86 valence electrons. The lowest BCUT2D eigenvalue weighted by molar-refractivity contribution is -0.138. The van der Waals surface area contributed by atoms with E-state index in [-0.39, 0.29) is 5.71 Å². The molecule has 0 heterocycles. The Morgan fingerprint density at radius 3 is 2.53 bits per heavy atom. The number of aliphatic imine (C=N–C) groups is 1. The van der Waals surface area contributed by atoms with Crippen LogP contribution in [0.2, 0.25) is 0 Å². The van der Waals surface area contributed by atoms with Crippen molar-refractivity contribution in [2.24, 2.45) is 10.7 Å². The van der Waals surface area contributed by atoms with Crippen LogP contribution in [0.3, 0.4) is 0 Å². The number of thioether (sulfide) groups is 1. The Morgan fingerprint density at radius 1 is 1.47 bits per heavy atom. The van der Waals surface area contributed by atoms with E-state index in [1.807, 2.05) is 0 Å². The molecule has 7 heteroatoms. The highest BCUT2D eigenvalue weighted by molar-refractivity contribution is 7.99. The SMILES string of the molecule is CC(=NCCSC[C@H](N)C(=O)O)C(=O)O. The first-order valence-corrected chi connectivity index (χ1v) is 5.41. The van der Waals surface area contributed by atoms with Crippen molar-refractivity contribution in [1.29, 1.82) is 0 Å². The van der Waals surface area contributed by atoms with Gasteiger partial charge >= 0.3 is 11.9 Å². The molecule has 0 radical (unpaired) electrons. The topological polar surface area (TPSA) is 113 Å². The van der Waals surface area contributed by atoms with Crippen molar-refractivity contribution >= 4 is 29.4 Å². The van der Waals surface area contributed by atoms with E-state index < -0.39 is 18.0 Å². The molecule has 0 unspecified atom stereocenters. The molecule has 0 saturated carbocycles. The zero-order valence-electron chi connectivity index (χ0n) is 8.34. The monoisotopic (exact) mass is 234 g/mol. The van der Waals surface area contributed by atoms with Crippen molar-refractivity contribution in [2.45, 2.75) is 13.0 Å². The average molecular weight is 234 g/mol. The second-order valence-electron chi connectivity index (χ2n) is 2.79. The maximum Gasteiger partial charge on any atom is 0.349 e. The van der Waals surface area contributed by atoms with Crippen LogP contribution in [0.4, 0.5) is 0 Å². The third-order valence-electron chi connectivity index (χ3n) is 1.51. The molecule has 0 saturated heterocycles. The van der Waals surface area contributed by atoms with E-state index in [0.717, 1.165) is 0 Å². The molecule has 0 aliphatic rings. The van der Waals surface area contributed by atoms with E-state index in [9.17, 15) is 9.59 Å². The first-order valence-electron chi connectivity index (χ1n) is 4.25. The fourth-order valence-corrected chi connectivity index (χ4v) is 1.41. The molecule has 4 N–H and O–H groups in total. The average Bonchev–Trinajstić information content (AvgIpc) is 2.16. The molecule has 0 aliphatic heterocycles. The van der Waals surface area contributed by atoms with Gasteiger partial charge in [0.05, 0.1) is 0 Å². The predicted molar refractivity (Wildman–Crippen MR) is 58.5 cm³/mol. The highest BCUT2D eigenvalue weighted by Crippen LogP contribution is 2.01. The van der Waals surface area contributed by atoms with Gasteiger partial charge in [-0.15, -0.1) is 0 Å². The summed E-state index contributed by atoms with van der Waals surface area (Å²) >= 11 is 1.34. The van der Waals surface area contributed by atoms with E-state index >= 15 is 0 Å². The molecule has 0 spiro atoms. The van der Waals surface area contributed by atoms with Gasteiger partial charge in [-0.05, 0) is 6.92 Å². The van der Waals surface area contributed by atoms with Crippen LogP contribution in [-0.2, 0) is 9.59 Å². The van der Waals surface area contributed by atoms with Crippen molar-refractivity contribution < 1.29 is 19.8 Å². The molecule has 0 bridgehead atoms. The van der Waals surface area contributed by atoms with Gasteiger partial charge < -0.3 is 15.9 Å². The fourth-order valence-electron chi connectivity index (χ4n) is 0.627. The molecule has 0 rings (SSSR count). The summed E-state index contributed by atoms with van der Waals surface area (Å²) in [4.78, 5) is 24.4. The Hall–Kier alpha value is -1.08. The van der Waals surface area contributed by atoms with Gasteiger partial charge in [-0.3, -0.25) is 9.79 Å². The van der Waals surface area contributed by atoms with Gasteiger partial charge in [0, 0.05) is 18.1 Å². The standard InChI is InChI=1S/C8H14N2O4S/c1-5(7(11)12)10-2-3-15-4-6(9)8(13)14/h6H,2-4,9H2,1H3,(H,11,12)(H,13,14)/t6-/m0/s1. The first kappa shape index (κ1) is 13.9. The van der Waals surface area contributed by atoms with Crippen LogP contribution in [-0.4, -0.2) is 52.0 Å². The van der Waals surface area contributed by atoms with E-state index in [2.05, 4.69) is 4.99 Å². The largest absolute Gasteiger partial charge is 0.480 e. The Kier molecular flexibility index (Phi) is 6.72. The molecule has 6 nitrogen and oxygen atoms in total.